The Morgan fingerprint density at radius 1 is 1.16 bits per heavy atom. The Morgan fingerprint density at radius 2 is 1.84 bits per heavy atom. The van der Waals surface area contributed by atoms with Crippen LogP contribution in [0.25, 0.3) is 21.9 Å². The van der Waals surface area contributed by atoms with Crippen LogP contribution < -0.4 is 5.63 Å². The lowest BCUT2D eigenvalue weighted by Gasteiger charge is -2.14. The van der Waals surface area contributed by atoms with Crippen LogP contribution in [0, 0.1) is 6.92 Å². The second-order valence-corrected chi connectivity index (χ2v) is 5.21. The predicted octanol–water partition coefficient (Wildman–Crippen LogP) is 3.08. The third-order valence-corrected chi connectivity index (χ3v) is 3.24. The maximum Gasteiger partial charge on any atom is 0.347 e. The maximum atomic E-state index is 12.0. The second kappa shape index (κ2) is 3.71. The number of hydrogen-bond donors (Lipinski definition) is 1. The highest BCUT2D eigenvalue weighted by atomic mass is 16.4. The van der Waals surface area contributed by atoms with Gasteiger partial charge in [-0.3, -0.25) is 0 Å². The summed E-state index contributed by atoms with van der Waals surface area (Å²) in [5, 5.41) is 11.2. The first-order valence-electron chi connectivity index (χ1n) is 6.07. The number of rotatable bonds is 1. The summed E-state index contributed by atoms with van der Waals surface area (Å²) < 4.78 is 11.0. The first-order valence-corrected chi connectivity index (χ1v) is 6.07. The van der Waals surface area contributed by atoms with Crippen molar-refractivity contribution in [3.05, 3.63) is 46.0 Å². The van der Waals surface area contributed by atoms with Gasteiger partial charge in [-0.1, -0.05) is 12.1 Å². The highest BCUT2D eigenvalue weighted by molar-refractivity contribution is 6.02. The zero-order valence-electron chi connectivity index (χ0n) is 11.0. The van der Waals surface area contributed by atoms with Gasteiger partial charge in [0, 0.05) is 5.56 Å². The van der Waals surface area contributed by atoms with Gasteiger partial charge >= 0.3 is 5.63 Å². The van der Waals surface area contributed by atoms with Gasteiger partial charge in [0.05, 0.1) is 5.39 Å². The Kier molecular flexibility index (Phi) is 2.34. The summed E-state index contributed by atoms with van der Waals surface area (Å²) in [6.07, 6.45) is 0. The van der Waals surface area contributed by atoms with Gasteiger partial charge in [-0.05, 0) is 32.9 Å². The minimum Gasteiger partial charge on any atom is -0.457 e. The number of aliphatic hydroxyl groups is 1. The van der Waals surface area contributed by atoms with Crippen molar-refractivity contribution in [3.63, 3.8) is 0 Å². The summed E-state index contributed by atoms with van der Waals surface area (Å²) in [5.74, 6) is 0.395. The van der Waals surface area contributed by atoms with Crippen LogP contribution in [-0.4, -0.2) is 5.11 Å². The van der Waals surface area contributed by atoms with E-state index in [-0.39, 0.29) is 0 Å². The van der Waals surface area contributed by atoms with E-state index >= 15 is 0 Å². The molecular formula is C15H14O4. The number of hydrogen-bond acceptors (Lipinski definition) is 4. The van der Waals surface area contributed by atoms with E-state index in [1.165, 1.54) is 0 Å². The predicted molar refractivity (Wildman–Crippen MR) is 72.2 cm³/mol. The molecule has 0 spiro atoms. The molecule has 0 saturated heterocycles. The first kappa shape index (κ1) is 12.0. The van der Waals surface area contributed by atoms with E-state index in [4.69, 9.17) is 8.83 Å². The fourth-order valence-electron chi connectivity index (χ4n) is 2.43. The Bertz CT molecular complexity index is 831. The molecular weight excluding hydrogens is 244 g/mol. The third kappa shape index (κ3) is 1.68. The van der Waals surface area contributed by atoms with Crippen molar-refractivity contribution in [3.8, 4) is 0 Å². The molecule has 2 aromatic heterocycles. The number of furan rings is 1. The molecule has 2 heterocycles. The zero-order valence-corrected chi connectivity index (χ0v) is 11.0. The SMILES string of the molecule is Cc1c(C(C)(C)O)oc2c1c(=O)oc1ccccc12. The smallest absolute Gasteiger partial charge is 0.347 e. The molecule has 1 aromatic carbocycles. The fourth-order valence-corrected chi connectivity index (χ4v) is 2.43. The van der Waals surface area contributed by atoms with E-state index in [0.717, 1.165) is 5.39 Å². The van der Waals surface area contributed by atoms with E-state index < -0.39 is 11.2 Å². The molecule has 0 saturated carbocycles. The monoisotopic (exact) mass is 258 g/mol. The van der Waals surface area contributed by atoms with Gasteiger partial charge in [0.1, 0.15) is 22.3 Å². The largest absolute Gasteiger partial charge is 0.457 e. The van der Waals surface area contributed by atoms with Crippen LogP contribution in [0.3, 0.4) is 0 Å². The molecule has 3 rings (SSSR count). The van der Waals surface area contributed by atoms with Crippen molar-refractivity contribution >= 4 is 21.9 Å². The second-order valence-electron chi connectivity index (χ2n) is 5.21. The molecule has 0 fully saturated rings. The van der Waals surface area contributed by atoms with E-state index in [1.54, 1.807) is 32.9 Å². The van der Waals surface area contributed by atoms with Crippen molar-refractivity contribution in [2.45, 2.75) is 26.4 Å². The molecule has 0 unspecified atom stereocenters. The zero-order chi connectivity index (χ0) is 13.8. The lowest BCUT2D eigenvalue weighted by Crippen LogP contribution is -2.15. The Labute approximate surface area is 109 Å². The van der Waals surface area contributed by atoms with Gasteiger partial charge in [-0.15, -0.1) is 0 Å². The molecule has 0 atom stereocenters. The molecule has 0 radical (unpaired) electrons. The van der Waals surface area contributed by atoms with Gasteiger partial charge in [0.25, 0.3) is 0 Å². The summed E-state index contributed by atoms with van der Waals surface area (Å²) >= 11 is 0. The molecule has 4 heteroatoms. The van der Waals surface area contributed by atoms with Crippen molar-refractivity contribution in [1.82, 2.24) is 0 Å². The van der Waals surface area contributed by atoms with E-state index in [0.29, 0.717) is 27.9 Å². The quantitative estimate of drug-likeness (QED) is 0.681. The maximum absolute atomic E-state index is 12.0. The summed E-state index contributed by atoms with van der Waals surface area (Å²) in [6.45, 7) is 5.01. The van der Waals surface area contributed by atoms with Crippen LogP contribution in [0.2, 0.25) is 0 Å². The minimum absolute atomic E-state index is 0.395. The van der Waals surface area contributed by atoms with Crippen LogP contribution in [0.1, 0.15) is 25.2 Å². The lowest BCUT2D eigenvalue weighted by molar-refractivity contribution is 0.0551. The van der Waals surface area contributed by atoms with Crippen LogP contribution in [-0.2, 0) is 5.60 Å². The van der Waals surface area contributed by atoms with Crippen molar-refractivity contribution in [2.75, 3.05) is 0 Å². The van der Waals surface area contributed by atoms with Crippen LogP contribution in [0.5, 0.6) is 0 Å². The normalized spacial score (nSPS) is 12.4. The van der Waals surface area contributed by atoms with Gasteiger partial charge in [0.15, 0.2) is 5.58 Å². The molecule has 1 N–H and O–H groups in total. The van der Waals surface area contributed by atoms with Crippen LogP contribution >= 0.6 is 0 Å². The molecule has 0 aliphatic rings. The van der Waals surface area contributed by atoms with E-state index in [9.17, 15) is 9.90 Å². The molecule has 3 aromatic rings. The Hall–Kier alpha value is -2.07. The van der Waals surface area contributed by atoms with Crippen molar-refractivity contribution < 1.29 is 13.9 Å². The van der Waals surface area contributed by atoms with Gasteiger partial charge < -0.3 is 13.9 Å². The average Bonchev–Trinajstić information content (AvgIpc) is 2.68. The molecule has 98 valence electrons. The summed E-state index contributed by atoms with van der Waals surface area (Å²) in [7, 11) is 0. The Morgan fingerprint density at radius 3 is 2.53 bits per heavy atom. The minimum atomic E-state index is -1.14. The molecule has 4 nitrogen and oxygen atoms in total. The number of benzene rings is 1. The van der Waals surface area contributed by atoms with Gasteiger partial charge in [-0.25, -0.2) is 4.79 Å². The number of fused-ring (bicyclic) bond motifs is 3. The number of para-hydroxylation sites is 1. The average molecular weight is 258 g/mol. The van der Waals surface area contributed by atoms with E-state index in [1.807, 2.05) is 12.1 Å². The third-order valence-electron chi connectivity index (χ3n) is 3.24. The highest BCUT2D eigenvalue weighted by Crippen LogP contribution is 2.34. The molecule has 0 aliphatic heterocycles. The lowest BCUT2D eigenvalue weighted by atomic mass is 10.0. The topological polar surface area (TPSA) is 63.6 Å². The summed E-state index contributed by atoms with van der Waals surface area (Å²) in [5.41, 5.74) is 0.00128. The van der Waals surface area contributed by atoms with Crippen molar-refractivity contribution in [2.24, 2.45) is 0 Å². The van der Waals surface area contributed by atoms with Crippen LogP contribution in [0.4, 0.5) is 0 Å². The fraction of sp³-hybridized carbons (Fsp3) is 0.267. The summed E-state index contributed by atoms with van der Waals surface area (Å²) in [6, 6.07) is 7.20. The van der Waals surface area contributed by atoms with Gasteiger partial charge in [-0.2, -0.15) is 0 Å². The molecule has 0 aliphatic carbocycles. The molecule has 19 heavy (non-hydrogen) atoms. The standard InChI is InChI=1S/C15H14O4/c1-8-11-12(19-13(8)15(2,3)17)9-6-4-5-7-10(9)18-14(11)16/h4-7,17H,1-3H3. The Balaban J connectivity index is 2.56. The van der Waals surface area contributed by atoms with Crippen molar-refractivity contribution in [1.29, 1.82) is 0 Å². The number of aryl methyl sites for hydroxylation is 1. The highest BCUT2D eigenvalue weighted by Gasteiger charge is 2.27. The van der Waals surface area contributed by atoms with Crippen LogP contribution in [0.15, 0.2) is 37.9 Å². The first-order chi connectivity index (χ1) is 8.89. The van der Waals surface area contributed by atoms with E-state index in [2.05, 4.69) is 0 Å². The molecule has 0 amide bonds. The molecule has 0 bridgehead atoms. The van der Waals surface area contributed by atoms with Gasteiger partial charge in [0.2, 0.25) is 0 Å². The summed E-state index contributed by atoms with van der Waals surface area (Å²) in [4.78, 5) is 12.0.